The number of rotatable bonds is 4. The molecule has 4 rings (SSSR count). The maximum Gasteiger partial charge on any atom is 0.280 e. The lowest BCUT2D eigenvalue weighted by atomic mass is 10.1. The summed E-state index contributed by atoms with van der Waals surface area (Å²) in [5, 5.41) is 26.5. The molecule has 1 aromatic heterocycles. The van der Waals surface area contributed by atoms with Crippen molar-refractivity contribution in [3.05, 3.63) is 82.1 Å². The van der Waals surface area contributed by atoms with Crippen molar-refractivity contribution in [1.29, 1.82) is 0 Å². The van der Waals surface area contributed by atoms with Crippen LogP contribution in [0.3, 0.4) is 0 Å². The highest BCUT2D eigenvalue weighted by Gasteiger charge is 2.29. The van der Waals surface area contributed by atoms with E-state index in [-0.39, 0.29) is 17.3 Å². The molecule has 0 spiro atoms. The normalized spacial score (nSPS) is 15.1. The van der Waals surface area contributed by atoms with E-state index in [1.807, 2.05) is 18.2 Å². The summed E-state index contributed by atoms with van der Waals surface area (Å²) >= 11 is 0. The zero-order valence-corrected chi connectivity index (χ0v) is 15.3. The predicted octanol–water partition coefficient (Wildman–Crippen LogP) is 4.37. The Balaban J connectivity index is 1.62. The van der Waals surface area contributed by atoms with E-state index in [1.54, 1.807) is 37.3 Å². The molecule has 8 nitrogen and oxygen atoms in total. The average molecular weight is 389 g/mol. The van der Waals surface area contributed by atoms with Crippen LogP contribution in [0.4, 0.5) is 11.4 Å². The van der Waals surface area contributed by atoms with Crippen LogP contribution in [-0.2, 0) is 4.79 Å². The molecule has 2 heterocycles. The standard InChI is InChI=1S/C21H15N3O5/c1-13-18(21(26)23(22-13)14-5-3-2-4-6-14)12-16-8-10-20(29-16)17-9-7-15(24(27)28)11-19(17)25/h2-12,25H,1H3. The number of nitro groups is 1. The van der Waals surface area contributed by atoms with Crippen molar-refractivity contribution in [1.82, 2.24) is 0 Å². The van der Waals surface area contributed by atoms with Crippen molar-refractivity contribution in [2.75, 3.05) is 5.01 Å². The number of amides is 1. The minimum Gasteiger partial charge on any atom is -0.507 e. The van der Waals surface area contributed by atoms with E-state index in [1.165, 1.54) is 17.1 Å². The van der Waals surface area contributed by atoms with Gasteiger partial charge in [-0.2, -0.15) is 10.1 Å². The minimum absolute atomic E-state index is 0.218. The van der Waals surface area contributed by atoms with E-state index in [0.717, 1.165) is 6.07 Å². The Labute approximate surface area is 165 Å². The van der Waals surface area contributed by atoms with Crippen LogP contribution in [0.5, 0.6) is 5.75 Å². The first-order chi connectivity index (χ1) is 13.9. The summed E-state index contributed by atoms with van der Waals surface area (Å²) in [6, 6.07) is 16.1. The van der Waals surface area contributed by atoms with Crippen LogP contribution >= 0.6 is 0 Å². The number of carbonyl (C=O) groups excluding carboxylic acids is 1. The molecule has 0 radical (unpaired) electrons. The molecule has 0 atom stereocenters. The van der Waals surface area contributed by atoms with Gasteiger partial charge >= 0.3 is 0 Å². The Bertz CT molecular complexity index is 1180. The van der Waals surface area contributed by atoms with Gasteiger partial charge in [0.05, 0.1) is 33.5 Å². The van der Waals surface area contributed by atoms with Crippen molar-refractivity contribution >= 4 is 29.1 Å². The number of hydrogen-bond acceptors (Lipinski definition) is 6. The Morgan fingerprint density at radius 3 is 2.59 bits per heavy atom. The fourth-order valence-electron chi connectivity index (χ4n) is 2.99. The fraction of sp³-hybridized carbons (Fsp3) is 0.0476. The second kappa shape index (κ2) is 7.08. The van der Waals surface area contributed by atoms with Crippen LogP contribution < -0.4 is 5.01 Å². The third kappa shape index (κ3) is 3.39. The molecule has 1 N–H and O–H groups in total. The van der Waals surface area contributed by atoms with Crippen molar-refractivity contribution in [2.24, 2.45) is 5.10 Å². The van der Waals surface area contributed by atoms with Crippen LogP contribution in [0.2, 0.25) is 0 Å². The highest BCUT2D eigenvalue weighted by atomic mass is 16.6. The number of hydrogen-bond donors (Lipinski definition) is 1. The summed E-state index contributed by atoms with van der Waals surface area (Å²) in [5.74, 6) is 0.178. The third-order valence-electron chi connectivity index (χ3n) is 4.43. The molecule has 1 amide bonds. The molecule has 29 heavy (non-hydrogen) atoms. The van der Waals surface area contributed by atoms with Crippen LogP contribution in [0.15, 0.2) is 75.8 Å². The van der Waals surface area contributed by atoms with Gasteiger partial charge in [0.2, 0.25) is 0 Å². The Morgan fingerprint density at radius 2 is 1.90 bits per heavy atom. The Morgan fingerprint density at radius 1 is 1.14 bits per heavy atom. The number of benzene rings is 2. The summed E-state index contributed by atoms with van der Waals surface area (Å²) in [5.41, 5.74) is 1.70. The Kier molecular flexibility index (Phi) is 4.44. The maximum atomic E-state index is 12.8. The molecule has 0 bridgehead atoms. The van der Waals surface area contributed by atoms with Crippen molar-refractivity contribution in [3.8, 4) is 17.1 Å². The minimum atomic E-state index is -0.589. The highest BCUT2D eigenvalue weighted by Crippen LogP contribution is 2.34. The molecule has 0 saturated carbocycles. The fourth-order valence-corrected chi connectivity index (χ4v) is 2.99. The lowest BCUT2D eigenvalue weighted by Gasteiger charge is -2.10. The van der Waals surface area contributed by atoms with E-state index in [9.17, 15) is 20.0 Å². The number of anilines is 1. The first-order valence-electron chi connectivity index (χ1n) is 8.68. The van der Waals surface area contributed by atoms with Crippen molar-refractivity contribution in [2.45, 2.75) is 6.92 Å². The summed E-state index contributed by atoms with van der Waals surface area (Å²) in [6.45, 7) is 1.73. The average Bonchev–Trinajstić information content (AvgIpc) is 3.28. The van der Waals surface area contributed by atoms with Gasteiger partial charge in [-0.3, -0.25) is 14.9 Å². The van der Waals surface area contributed by atoms with Crippen LogP contribution in [0.1, 0.15) is 12.7 Å². The highest BCUT2D eigenvalue weighted by molar-refractivity contribution is 6.32. The van der Waals surface area contributed by atoms with Gasteiger partial charge in [0.1, 0.15) is 17.3 Å². The molecule has 1 aliphatic rings. The molecule has 1 aliphatic heterocycles. The number of phenols is 1. The van der Waals surface area contributed by atoms with E-state index in [2.05, 4.69) is 5.10 Å². The smallest absolute Gasteiger partial charge is 0.280 e. The van der Waals surface area contributed by atoms with E-state index in [0.29, 0.717) is 34.1 Å². The van der Waals surface area contributed by atoms with Crippen molar-refractivity contribution in [3.63, 3.8) is 0 Å². The number of phenolic OH excluding ortho intramolecular Hbond substituents is 1. The number of nitrogens with zero attached hydrogens (tertiary/aromatic N) is 3. The van der Waals surface area contributed by atoms with Gasteiger partial charge in [-0.15, -0.1) is 0 Å². The van der Waals surface area contributed by atoms with E-state index < -0.39 is 4.92 Å². The zero-order chi connectivity index (χ0) is 20.5. The summed E-state index contributed by atoms with van der Waals surface area (Å²) < 4.78 is 5.72. The number of carbonyl (C=O) groups is 1. The van der Waals surface area contributed by atoms with Gasteiger partial charge in [0.25, 0.3) is 11.6 Å². The van der Waals surface area contributed by atoms with Gasteiger partial charge in [-0.1, -0.05) is 18.2 Å². The van der Waals surface area contributed by atoms with Gasteiger partial charge in [0, 0.05) is 6.07 Å². The molecule has 3 aromatic rings. The number of non-ortho nitro benzene ring substituents is 1. The number of furan rings is 1. The molecule has 144 valence electrons. The topological polar surface area (TPSA) is 109 Å². The SMILES string of the molecule is CC1=NN(c2ccccc2)C(=O)C1=Cc1ccc(-c2ccc([N+](=O)[O-])cc2O)o1. The number of aromatic hydroxyl groups is 1. The predicted molar refractivity (Wildman–Crippen MR) is 107 cm³/mol. The van der Waals surface area contributed by atoms with Gasteiger partial charge in [-0.05, 0) is 43.3 Å². The number of para-hydroxylation sites is 1. The molecule has 0 unspecified atom stereocenters. The molecular weight excluding hydrogens is 374 g/mol. The van der Waals surface area contributed by atoms with Crippen LogP contribution in [0, 0.1) is 10.1 Å². The number of hydrazone groups is 1. The summed E-state index contributed by atoms with van der Waals surface area (Å²) in [4.78, 5) is 23.0. The molecule has 0 aliphatic carbocycles. The van der Waals surface area contributed by atoms with Crippen LogP contribution in [0.25, 0.3) is 17.4 Å². The molecule has 0 saturated heterocycles. The molecular formula is C21H15N3O5. The largest absolute Gasteiger partial charge is 0.507 e. The van der Waals surface area contributed by atoms with Crippen molar-refractivity contribution < 1.29 is 19.2 Å². The van der Waals surface area contributed by atoms with Crippen LogP contribution in [-0.4, -0.2) is 21.6 Å². The lowest BCUT2D eigenvalue weighted by molar-refractivity contribution is -0.384. The van der Waals surface area contributed by atoms with Gasteiger partial charge in [-0.25, -0.2) is 0 Å². The quantitative estimate of drug-likeness (QED) is 0.405. The summed E-state index contributed by atoms with van der Waals surface area (Å²) in [6.07, 6.45) is 1.58. The third-order valence-corrected chi connectivity index (χ3v) is 4.43. The zero-order valence-electron chi connectivity index (χ0n) is 15.3. The number of nitro benzene ring substituents is 1. The van der Waals surface area contributed by atoms with Gasteiger partial charge < -0.3 is 9.52 Å². The Hall–Kier alpha value is -4.20. The molecule has 0 fully saturated rings. The van der Waals surface area contributed by atoms with E-state index in [4.69, 9.17) is 4.42 Å². The first kappa shape index (κ1) is 18.2. The molecule has 8 heteroatoms. The van der Waals surface area contributed by atoms with Gasteiger partial charge in [0.15, 0.2) is 0 Å². The first-order valence-corrected chi connectivity index (χ1v) is 8.68. The maximum absolute atomic E-state index is 12.8. The van der Waals surface area contributed by atoms with E-state index >= 15 is 0 Å². The monoisotopic (exact) mass is 389 g/mol. The second-order valence-corrected chi connectivity index (χ2v) is 6.36. The lowest BCUT2D eigenvalue weighted by Crippen LogP contribution is -2.21. The molecule has 2 aromatic carbocycles. The summed E-state index contributed by atoms with van der Waals surface area (Å²) in [7, 11) is 0. The second-order valence-electron chi connectivity index (χ2n) is 6.36.